The molecule has 1 aromatic carbocycles. The zero-order valence-electron chi connectivity index (χ0n) is 12.6. The van der Waals surface area contributed by atoms with Crippen LogP contribution in [0, 0.1) is 13.8 Å². The van der Waals surface area contributed by atoms with Gasteiger partial charge in [-0.2, -0.15) is 0 Å². The lowest BCUT2D eigenvalue weighted by molar-refractivity contribution is -0.118. The van der Waals surface area contributed by atoms with Gasteiger partial charge in [0.05, 0.1) is 4.88 Å². The molecule has 22 heavy (non-hydrogen) atoms. The Balaban J connectivity index is 1.73. The van der Waals surface area contributed by atoms with E-state index in [0.717, 1.165) is 16.8 Å². The van der Waals surface area contributed by atoms with Crippen LogP contribution in [0.5, 0.6) is 0 Å². The molecule has 5 heteroatoms. The number of rotatable bonds is 3. The first kappa shape index (κ1) is 14.8. The van der Waals surface area contributed by atoms with Crippen molar-refractivity contribution in [1.29, 1.82) is 0 Å². The van der Waals surface area contributed by atoms with Crippen molar-refractivity contribution in [3.05, 3.63) is 51.7 Å². The minimum absolute atomic E-state index is 0.0325. The predicted octanol–water partition coefficient (Wildman–Crippen LogP) is 2.90. The van der Waals surface area contributed by atoms with Crippen LogP contribution in [0.3, 0.4) is 0 Å². The maximum absolute atomic E-state index is 12.5. The van der Waals surface area contributed by atoms with Gasteiger partial charge in [0.25, 0.3) is 5.91 Å². The van der Waals surface area contributed by atoms with Crippen LogP contribution in [0.25, 0.3) is 0 Å². The molecular formula is C17H18N2O2S. The first-order chi connectivity index (χ1) is 10.5. The Morgan fingerprint density at radius 3 is 2.64 bits per heavy atom. The molecule has 2 amide bonds. The van der Waals surface area contributed by atoms with E-state index in [-0.39, 0.29) is 11.8 Å². The van der Waals surface area contributed by atoms with Gasteiger partial charge in [0.1, 0.15) is 6.04 Å². The highest BCUT2D eigenvalue weighted by Gasteiger charge is 2.34. The van der Waals surface area contributed by atoms with E-state index >= 15 is 0 Å². The van der Waals surface area contributed by atoms with Crippen LogP contribution in [-0.4, -0.2) is 24.4 Å². The zero-order chi connectivity index (χ0) is 15.7. The first-order valence-electron chi connectivity index (χ1n) is 7.28. The summed E-state index contributed by atoms with van der Waals surface area (Å²) in [6.45, 7) is 4.68. The van der Waals surface area contributed by atoms with Crippen molar-refractivity contribution in [2.24, 2.45) is 0 Å². The molecule has 0 spiro atoms. The average molecular weight is 314 g/mol. The van der Waals surface area contributed by atoms with Gasteiger partial charge >= 0.3 is 0 Å². The minimum atomic E-state index is -0.435. The molecule has 0 bridgehead atoms. The molecule has 1 unspecified atom stereocenters. The van der Waals surface area contributed by atoms with E-state index in [4.69, 9.17) is 0 Å². The van der Waals surface area contributed by atoms with Crippen LogP contribution < -0.4 is 10.2 Å². The van der Waals surface area contributed by atoms with Gasteiger partial charge in [-0.3, -0.25) is 9.59 Å². The number of anilines is 1. The third-order valence-corrected chi connectivity index (χ3v) is 4.64. The highest BCUT2D eigenvalue weighted by atomic mass is 32.1. The van der Waals surface area contributed by atoms with E-state index in [1.807, 2.05) is 37.4 Å². The van der Waals surface area contributed by atoms with E-state index in [1.165, 1.54) is 11.3 Å². The lowest BCUT2D eigenvalue weighted by Gasteiger charge is -2.18. The standard InChI is InChI=1S/C17H18N2O2S/c1-11-8-12(2)10-13(9-11)19-6-5-14(17(19)21)18-16(20)15-4-3-7-22-15/h3-4,7-10,14H,5-6H2,1-2H3,(H,18,20). The summed E-state index contributed by atoms with van der Waals surface area (Å²) in [7, 11) is 0. The lowest BCUT2D eigenvalue weighted by Crippen LogP contribution is -2.41. The Bertz CT molecular complexity index is 689. The SMILES string of the molecule is Cc1cc(C)cc(N2CCC(NC(=O)c3cccs3)C2=O)c1. The van der Waals surface area contributed by atoms with Crippen LogP contribution in [-0.2, 0) is 4.79 Å². The van der Waals surface area contributed by atoms with Gasteiger partial charge in [0, 0.05) is 12.2 Å². The molecule has 0 radical (unpaired) electrons. The maximum Gasteiger partial charge on any atom is 0.261 e. The molecule has 1 atom stereocenters. The smallest absolute Gasteiger partial charge is 0.261 e. The first-order valence-corrected chi connectivity index (χ1v) is 8.16. The molecule has 2 aromatic rings. The molecule has 1 aromatic heterocycles. The number of carbonyl (C=O) groups excluding carboxylic acids is 2. The van der Waals surface area contributed by atoms with Gasteiger partial charge in [-0.05, 0) is 55.0 Å². The van der Waals surface area contributed by atoms with E-state index in [0.29, 0.717) is 17.8 Å². The van der Waals surface area contributed by atoms with Gasteiger partial charge in [-0.15, -0.1) is 11.3 Å². The summed E-state index contributed by atoms with van der Waals surface area (Å²) in [6.07, 6.45) is 0.642. The maximum atomic E-state index is 12.5. The van der Waals surface area contributed by atoms with Crippen molar-refractivity contribution in [2.75, 3.05) is 11.4 Å². The number of aryl methyl sites for hydroxylation is 2. The fraction of sp³-hybridized carbons (Fsp3) is 0.294. The summed E-state index contributed by atoms with van der Waals surface area (Å²) in [5.74, 6) is -0.203. The minimum Gasteiger partial charge on any atom is -0.339 e. The molecular weight excluding hydrogens is 296 g/mol. The van der Waals surface area contributed by atoms with Crippen molar-refractivity contribution < 1.29 is 9.59 Å². The van der Waals surface area contributed by atoms with E-state index in [1.54, 1.807) is 11.0 Å². The Hall–Kier alpha value is -2.14. The van der Waals surface area contributed by atoms with E-state index < -0.39 is 6.04 Å². The van der Waals surface area contributed by atoms with Crippen LogP contribution in [0.1, 0.15) is 27.2 Å². The second-order valence-electron chi connectivity index (χ2n) is 5.63. The van der Waals surface area contributed by atoms with Crippen LogP contribution in [0.4, 0.5) is 5.69 Å². The molecule has 1 saturated heterocycles. The van der Waals surface area contributed by atoms with Gasteiger partial charge in [-0.1, -0.05) is 12.1 Å². The molecule has 2 heterocycles. The number of hydrogen-bond donors (Lipinski definition) is 1. The number of thiophene rings is 1. The molecule has 1 aliphatic heterocycles. The van der Waals surface area contributed by atoms with Crippen molar-refractivity contribution in [3.63, 3.8) is 0 Å². The lowest BCUT2D eigenvalue weighted by atomic mass is 10.1. The Labute approximate surface area is 133 Å². The summed E-state index contributed by atoms with van der Waals surface area (Å²) in [6, 6.07) is 9.26. The number of carbonyl (C=O) groups is 2. The summed E-state index contributed by atoms with van der Waals surface area (Å²) in [5, 5.41) is 4.69. The van der Waals surface area contributed by atoms with Crippen LogP contribution >= 0.6 is 11.3 Å². The van der Waals surface area contributed by atoms with E-state index in [2.05, 4.69) is 11.4 Å². The average Bonchev–Trinajstić information content (AvgIpc) is 3.09. The van der Waals surface area contributed by atoms with Crippen LogP contribution in [0.15, 0.2) is 35.7 Å². The van der Waals surface area contributed by atoms with Gasteiger partial charge in [0.2, 0.25) is 5.91 Å². The molecule has 1 aliphatic rings. The van der Waals surface area contributed by atoms with Gasteiger partial charge in [0.15, 0.2) is 0 Å². The summed E-state index contributed by atoms with van der Waals surface area (Å²) < 4.78 is 0. The number of nitrogens with zero attached hydrogens (tertiary/aromatic N) is 1. The molecule has 3 rings (SSSR count). The molecule has 4 nitrogen and oxygen atoms in total. The highest BCUT2D eigenvalue weighted by Crippen LogP contribution is 2.24. The molecule has 1 fully saturated rings. The Kier molecular flexibility index (Phi) is 3.98. The number of amides is 2. The fourth-order valence-corrected chi connectivity index (χ4v) is 3.44. The highest BCUT2D eigenvalue weighted by molar-refractivity contribution is 7.12. The number of nitrogens with one attached hydrogen (secondary N) is 1. The largest absolute Gasteiger partial charge is 0.339 e. The van der Waals surface area contributed by atoms with Gasteiger partial charge in [-0.25, -0.2) is 0 Å². The van der Waals surface area contributed by atoms with Crippen LogP contribution in [0.2, 0.25) is 0 Å². The van der Waals surface area contributed by atoms with Crippen molar-refractivity contribution in [3.8, 4) is 0 Å². The van der Waals surface area contributed by atoms with Crippen molar-refractivity contribution >= 4 is 28.8 Å². The Morgan fingerprint density at radius 2 is 2.00 bits per heavy atom. The number of benzene rings is 1. The molecule has 0 aliphatic carbocycles. The topological polar surface area (TPSA) is 49.4 Å². The summed E-state index contributed by atoms with van der Waals surface area (Å²) in [5.41, 5.74) is 3.18. The third kappa shape index (κ3) is 2.90. The number of hydrogen-bond acceptors (Lipinski definition) is 3. The quantitative estimate of drug-likeness (QED) is 0.947. The molecule has 1 N–H and O–H groups in total. The summed E-state index contributed by atoms with van der Waals surface area (Å²) in [4.78, 5) is 27.0. The van der Waals surface area contributed by atoms with Crippen molar-refractivity contribution in [2.45, 2.75) is 26.3 Å². The summed E-state index contributed by atoms with van der Waals surface area (Å²) >= 11 is 1.38. The second kappa shape index (κ2) is 5.93. The second-order valence-corrected chi connectivity index (χ2v) is 6.58. The monoisotopic (exact) mass is 314 g/mol. The normalized spacial score (nSPS) is 17.8. The predicted molar refractivity (Wildman–Crippen MR) is 88.5 cm³/mol. The van der Waals surface area contributed by atoms with Crippen molar-refractivity contribution in [1.82, 2.24) is 5.32 Å². The van der Waals surface area contributed by atoms with Gasteiger partial charge < -0.3 is 10.2 Å². The molecule has 0 saturated carbocycles. The fourth-order valence-electron chi connectivity index (χ4n) is 2.81. The molecule has 114 valence electrons. The third-order valence-electron chi connectivity index (χ3n) is 3.77. The Morgan fingerprint density at radius 1 is 1.27 bits per heavy atom. The zero-order valence-corrected chi connectivity index (χ0v) is 13.4. The van der Waals surface area contributed by atoms with E-state index in [9.17, 15) is 9.59 Å².